The van der Waals surface area contributed by atoms with Crippen LogP contribution >= 0.6 is 0 Å². The molecule has 0 aromatic heterocycles. The summed E-state index contributed by atoms with van der Waals surface area (Å²) in [6.07, 6.45) is 7.71. The average molecular weight is 268 g/mol. The van der Waals surface area contributed by atoms with E-state index in [0.717, 1.165) is 12.3 Å². The van der Waals surface area contributed by atoms with Gasteiger partial charge in [0.25, 0.3) is 0 Å². The highest BCUT2D eigenvalue weighted by molar-refractivity contribution is 5.79. The molecule has 112 valence electrons. The second kappa shape index (κ2) is 7.28. The molecule has 0 heterocycles. The van der Waals surface area contributed by atoms with Crippen molar-refractivity contribution in [1.29, 1.82) is 0 Å². The maximum atomic E-state index is 12.3. The zero-order chi connectivity index (χ0) is 14.5. The van der Waals surface area contributed by atoms with Crippen LogP contribution in [-0.4, -0.2) is 18.0 Å². The van der Waals surface area contributed by atoms with Crippen LogP contribution in [0.1, 0.15) is 66.2 Å². The van der Waals surface area contributed by atoms with Crippen LogP contribution in [0.3, 0.4) is 0 Å². The molecule has 1 fully saturated rings. The van der Waals surface area contributed by atoms with E-state index in [-0.39, 0.29) is 17.4 Å². The molecule has 0 spiro atoms. The first-order valence-electron chi connectivity index (χ1n) is 7.86. The maximum Gasteiger partial charge on any atom is 0.223 e. The quantitative estimate of drug-likeness (QED) is 0.778. The Balaban J connectivity index is 2.48. The molecule has 3 N–H and O–H groups in total. The first kappa shape index (κ1) is 16.5. The van der Waals surface area contributed by atoms with Gasteiger partial charge in [0.1, 0.15) is 0 Å². The Morgan fingerprint density at radius 2 is 1.84 bits per heavy atom. The molecule has 1 atom stereocenters. The highest BCUT2D eigenvalue weighted by Gasteiger charge is 2.27. The van der Waals surface area contributed by atoms with Crippen molar-refractivity contribution in [3.63, 3.8) is 0 Å². The van der Waals surface area contributed by atoms with E-state index in [2.05, 4.69) is 19.2 Å². The van der Waals surface area contributed by atoms with E-state index in [1.807, 2.05) is 13.8 Å². The number of rotatable bonds is 6. The number of hydrogen-bond acceptors (Lipinski definition) is 2. The highest BCUT2D eigenvalue weighted by Crippen LogP contribution is 2.31. The van der Waals surface area contributed by atoms with Gasteiger partial charge in [-0.25, -0.2) is 0 Å². The Bertz CT molecular complexity index is 275. The van der Waals surface area contributed by atoms with Gasteiger partial charge in [-0.15, -0.1) is 0 Å². The predicted octanol–water partition coefficient (Wildman–Crippen LogP) is 3.08. The SMILES string of the molecule is CC(C)C(CC1CCCCC1)C(=O)NCC(C)(C)N. The molecule has 1 unspecified atom stereocenters. The molecule has 19 heavy (non-hydrogen) atoms. The van der Waals surface area contributed by atoms with Crippen molar-refractivity contribution in [1.82, 2.24) is 5.32 Å². The van der Waals surface area contributed by atoms with Gasteiger partial charge in [0, 0.05) is 18.0 Å². The second-order valence-corrected chi connectivity index (χ2v) is 7.30. The van der Waals surface area contributed by atoms with Gasteiger partial charge in [-0.1, -0.05) is 46.0 Å². The first-order chi connectivity index (χ1) is 8.79. The van der Waals surface area contributed by atoms with E-state index in [1.54, 1.807) is 0 Å². The Kier molecular flexibility index (Phi) is 6.31. The van der Waals surface area contributed by atoms with Crippen LogP contribution in [0.25, 0.3) is 0 Å². The zero-order valence-electron chi connectivity index (χ0n) is 13.2. The van der Waals surface area contributed by atoms with Crippen LogP contribution in [0, 0.1) is 17.8 Å². The Morgan fingerprint density at radius 1 is 1.26 bits per heavy atom. The predicted molar refractivity (Wildman–Crippen MR) is 80.8 cm³/mol. The van der Waals surface area contributed by atoms with Crippen molar-refractivity contribution >= 4 is 5.91 Å². The summed E-state index contributed by atoms with van der Waals surface area (Å²) in [4.78, 5) is 12.3. The molecule has 1 aliphatic carbocycles. The zero-order valence-corrected chi connectivity index (χ0v) is 13.2. The first-order valence-corrected chi connectivity index (χ1v) is 7.86. The lowest BCUT2D eigenvalue weighted by Gasteiger charge is -2.29. The van der Waals surface area contributed by atoms with Gasteiger partial charge in [-0.05, 0) is 32.1 Å². The molecule has 1 aliphatic rings. The molecule has 0 radical (unpaired) electrons. The third kappa shape index (κ3) is 6.42. The summed E-state index contributed by atoms with van der Waals surface area (Å²) in [5, 5.41) is 3.03. The standard InChI is InChI=1S/C16H32N2O/c1-12(2)14(10-13-8-6-5-7-9-13)15(19)18-11-16(3,4)17/h12-14H,5-11,17H2,1-4H3,(H,18,19). The van der Waals surface area contributed by atoms with Crippen LogP contribution in [0.2, 0.25) is 0 Å². The fraction of sp³-hybridized carbons (Fsp3) is 0.938. The maximum absolute atomic E-state index is 12.3. The van der Waals surface area contributed by atoms with Crippen LogP contribution in [0.5, 0.6) is 0 Å². The van der Waals surface area contributed by atoms with Gasteiger partial charge >= 0.3 is 0 Å². The van der Waals surface area contributed by atoms with Gasteiger partial charge < -0.3 is 11.1 Å². The molecule has 0 aromatic rings. The van der Waals surface area contributed by atoms with Crippen molar-refractivity contribution in [3.8, 4) is 0 Å². The monoisotopic (exact) mass is 268 g/mol. The molecule has 3 nitrogen and oxygen atoms in total. The van der Waals surface area contributed by atoms with Crippen molar-refractivity contribution < 1.29 is 4.79 Å². The molecular weight excluding hydrogens is 236 g/mol. The van der Waals surface area contributed by atoms with Crippen LogP contribution in [-0.2, 0) is 4.79 Å². The van der Waals surface area contributed by atoms with Gasteiger partial charge in [-0.2, -0.15) is 0 Å². The molecule has 0 bridgehead atoms. The number of carbonyl (C=O) groups is 1. The minimum absolute atomic E-state index is 0.144. The third-order valence-electron chi connectivity index (χ3n) is 4.17. The molecule has 1 amide bonds. The molecule has 0 aromatic carbocycles. The lowest BCUT2D eigenvalue weighted by atomic mass is 9.79. The summed E-state index contributed by atoms with van der Waals surface area (Å²) >= 11 is 0. The summed E-state index contributed by atoms with van der Waals surface area (Å²) in [6, 6.07) is 0. The molecule has 0 saturated heterocycles. The van der Waals surface area contributed by atoms with Crippen molar-refractivity contribution in [3.05, 3.63) is 0 Å². The number of nitrogens with two attached hydrogens (primary N) is 1. The van der Waals surface area contributed by atoms with E-state index in [4.69, 9.17) is 5.73 Å². The summed E-state index contributed by atoms with van der Waals surface area (Å²) < 4.78 is 0. The molecular formula is C16H32N2O. The van der Waals surface area contributed by atoms with E-state index in [9.17, 15) is 4.79 Å². The van der Waals surface area contributed by atoms with Gasteiger partial charge in [0.05, 0.1) is 0 Å². The average Bonchev–Trinajstić information content (AvgIpc) is 2.33. The van der Waals surface area contributed by atoms with Gasteiger partial charge in [-0.3, -0.25) is 4.79 Å². The second-order valence-electron chi connectivity index (χ2n) is 7.30. The Labute approximate surface area is 118 Å². The molecule has 1 saturated carbocycles. The minimum Gasteiger partial charge on any atom is -0.354 e. The summed E-state index contributed by atoms with van der Waals surface area (Å²) in [5.74, 6) is 1.49. The Hall–Kier alpha value is -0.570. The lowest BCUT2D eigenvalue weighted by molar-refractivity contribution is -0.127. The largest absolute Gasteiger partial charge is 0.354 e. The normalized spacial score (nSPS) is 19.5. The van der Waals surface area contributed by atoms with Crippen molar-refractivity contribution in [2.24, 2.45) is 23.5 Å². The number of hydrogen-bond donors (Lipinski definition) is 2. The summed E-state index contributed by atoms with van der Waals surface area (Å²) in [6.45, 7) is 8.75. The summed E-state index contributed by atoms with van der Waals surface area (Å²) in [5.41, 5.74) is 5.60. The van der Waals surface area contributed by atoms with Crippen LogP contribution in [0.15, 0.2) is 0 Å². The van der Waals surface area contributed by atoms with Crippen LogP contribution < -0.4 is 11.1 Å². The van der Waals surface area contributed by atoms with E-state index in [1.165, 1.54) is 32.1 Å². The van der Waals surface area contributed by atoms with E-state index >= 15 is 0 Å². The smallest absolute Gasteiger partial charge is 0.223 e. The number of nitrogens with one attached hydrogen (secondary N) is 1. The van der Waals surface area contributed by atoms with Gasteiger partial charge in [0.15, 0.2) is 0 Å². The van der Waals surface area contributed by atoms with Crippen LogP contribution in [0.4, 0.5) is 0 Å². The number of amides is 1. The fourth-order valence-corrected chi connectivity index (χ4v) is 2.91. The van der Waals surface area contributed by atoms with E-state index < -0.39 is 0 Å². The van der Waals surface area contributed by atoms with Gasteiger partial charge in [0.2, 0.25) is 5.91 Å². The van der Waals surface area contributed by atoms with Crippen molar-refractivity contribution in [2.45, 2.75) is 71.8 Å². The molecule has 3 heteroatoms. The molecule has 0 aliphatic heterocycles. The van der Waals surface area contributed by atoms with Crippen molar-refractivity contribution in [2.75, 3.05) is 6.54 Å². The highest BCUT2D eigenvalue weighted by atomic mass is 16.1. The third-order valence-corrected chi connectivity index (χ3v) is 4.17. The van der Waals surface area contributed by atoms with E-state index in [0.29, 0.717) is 12.5 Å². The molecule has 1 rings (SSSR count). The number of carbonyl (C=O) groups excluding carboxylic acids is 1. The lowest BCUT2D eigenvalue weighted by Crippen LogP contribution is -2.47. The fourth-order valence-electron chi connectivity index (χ4n) is 2.91. The Morgan fingerprint density at radius 3 is 2.32 bits per heavy atom. The minimum atomic E-state index is -0.331. The topological polar surface area (TPSA) is 55.1 Å². The summed E-state index contributed by atoms with van der Waals surface area (Å²) in [7, 11) is 0.